The molecule has 0 fully saturated rings. The van der Waals surface area contributed by atoms with E-state index in [2.05, 4.69) is 57.5 Å². The number of benzene rings is 3. The Hall–Kier alpha value is -3.09. The number of carbonyl (C=O) groups excluding carboxylic acids is 1. The van der Waals surface area contributed by atoms with Crippen molar-refractivity contribution >= 4 is 39.3 Å². The van der Waals surface area contributed by atoms with Gasteiger partial charge >= 0.3 is 0 Å². The monoisotopic (exact) mass is 509 g/mol. The highest BCUT2D eigenvalue weighted by Crippen LogP contribution is 2.22. The average Bonchev–Trinajstić information content (AvgIpc) is 3.12. The number of nitrogens with zero attached hydrogens (tertiary/aromatic N) is 2. The number of nitrogens with one attached hydrogen (secondary N) is 1. The fourth-order valence-corrected chi connectivity index (χ4v) is 3.74. The first kappa shape index (κ1) is 22.1. The molecule has 0 unspecified atom stereocenters. The number of anilines is 1. The van der Waals surface area contributed by atoms with E-state index in [0.717, 1.165) is 15.6 Å². The minimum Gasteiger partial charge on any atom is -0.489 e. The summed E-state index contributed by atoms with van der Waals surface area (Å²) in [5, 5.41) is 7.99. The molecular formula is C25H21BrClN3O2. The number of hydrogen-bond donors (Lipinski definition) is 1. The molecule has 0 radical (unpaired) electrons. The molecule has 0 aliphatic heterocycles. The van der Waals surface area contributed by atoms with E-state index in [1.165, 1.54) is 5.56 Å². The lowest BCUT2D eigenvalue weighted by Gasteiger charge is -2.08. The number of aryl methyl sites for hydroxylation is 1. The standard InChI is InChI=1S/C25H21BrClN3O2/c1-17-8-10-18(11-9-17)14-30-15-23(26)24(29-30)28-25(31)20-5-2-4-19(12-20)16-32-22-7-3-6-21(27)13-22/h2-13,15H,14,16H2,1H3,(H,28,29,31). The Morgan fingerprint density at radius 1 is 1.06 bits per heavy atom. The Balaban J connectivity index is 1.41. The van der Waals surface area contributed by atoms with E-state index in [1.54, 1.807) is 28.9 Å². The van der Waals surface area contributed by atoms with Crippen LogP contribution in [0.15, 0.2) is 83.5 Å². The third-order valence-electron chi connectivity index (χ3n) is 4.80. The number of halogens is 2. The second kappa shape index (κ2) is 10.0. The van der Waals surface area contributed by atoms with Crippen LogP contribution >= 0.6 is 27.5 Å². The molecule has 0 aliphatic carbocycles. The first-order chi connectivity index (χ1) is 15.5. The summed E-state index contributed by atoms with van der Waals surface area (Å²) in [6.45, 7) is 3.00. The highest BCUT2D eigenvalue weighted by atomic mass is 79.9. The minimum atomic E-state index is -0.240. The zero-order valence-corrected chi connectivity index (χ0v) is 19.7. The van der Waals surface area contributed by atoms with E-state index in [-0.39, 0.29) is 5.91 Å². The Morgan fingerprint density at radius 3 is 2.62 bits per heavy atom. The topological polar surface area (TPSA) is 56.2 Å². The van der Waals surface area contributed by atoms with Crippen LogP contribution in [0.25, 0.3) is 0 Å². The molecule has 0 atom stereocenters. The van der Waals surface area contributed by atoms with E-state index in [0.29, 0.717) is 35.3 Å². The van der Waals surface area contributed by atoms with Gasteiger partial charge in [-0.1, -0.05) is 59.6 Å². The van der Waals surface area contributed by atoms with Crippen molar-refractivity contribution in [3.8, 4) is 5.75 Å². The number of ether oxygens (including phenoxy) is 1. The van der Waals surface area contributed by atoms with Crippen molar-refractivity contribution in [2.24, 2.45) is 0 Å². The van der Waals surface area contributed by atoms with Crippen molar-refractivity contribution in [3.05, 3.63) is 111 Å². The molecule has 3 aromatic carbocycles. The molecule has 1 aromatic heterocycles. The quantitative estimate of drug-likeness (QED) is 0.309. The van der Waals surface area contributed by atoms with Crippen LogP contribution in [0.4, 0.5) is 5.82 Å². The van der Waals surface area contributed by atoms with E-state index >= 15 is 0 Å². The molecule has 32 heavy (non-hydrogen) atoms. The first-order valence-corrected chi connectivity index (χ1v) is 11.2. The van der Waals surface area contributed by atoms with Crippen LogP contribution in [-0.4, -0.2) is 15.7 Å². The summed E-state index contributed by atoms with van der Waals surface area (Å²) in [6, 6.07) is 22.8. The summed E-state index contributed by atoms with van der Waals surface area (Å²) in [6.07, 6.45) is 1.85. The molecule has 0 saturated carbocycles. The van der Waals surface area contributed by atoms with Gasteiger partial charge in [-0.15, -0.1) is 0 Å². The largest absolute Gasteiger partial charge is 0.489 e. The molecule has 4 aromatic rings. The van der Waals surface area contributed by atoms with Crippen molar-refractivity contribution < 1.29 is 9.53 Å². The van der Waals surface area contributed by atoms with Crippen LogP contribution in [0.1, 0.15) is 27.0 Å². The summed E-state index contributed by atoms with van der Waals surface area (Å²) >= 11 is 9.48. The number of carbonyl (C=O) groups is 1. The Bertz CT molecular complexity index is 1240. The van der Waals surface area contributed by atoms with E-state index in [1.807, 2.05) is 30.5 Å². The van der Waals surface area contributed by atoms with Gasteiger partial charge in [-0.05, 0) is 64.3 Å². The van der Waals surface area contributed by atoms with Gasteiger partial charge in [0.15, 0.2) is 5.82 Å². The molecule has 1 heterocycles. The molecule has 4 rings (SSSR count). The molecule has 5 nitrogen and oxygen atoms in total. The molecule has 162 valence electrons. The summed E-state index contributed by atoms with van der Waals surface area (Å²) in [4.78, 5) is 12.8. The average molecular weight is 511 g/mol. The van der Waals surface area contributed by atoms with Gasteiger partial charge in [0, 0.05) is 16.8 Å². The molecule has 1 amide bonds. The third-order valence-corrected chi connectivity index (χ3v) is 5.62. The van der Waals surface area contributed by atoms with E-state index in [4.69, 9.17) is 16.3 Å². The SMILES string of the molecule is Cc1ccc(Cn2cc(Br)c(NC(=O)c3cccc(COc4cccc(Cl)c4)c3)n2)cc1. The van der Waals surface area contributed by atoms with Gasteiger partial charge in [-0.2, -0.15) is 5.10 Å². The highest BCUT2D eigenvalue weighted by molar-refractivity contribution is 9.10. The zero-order chi connectivity index (χ0) is 22.5. The van der Waals surface area contributed by atoms with Crippen LogP contribution in [-0.2, 0) is 13.2 Å². The van der Waals surface area contributed by atoms with Gasteiger partial charge in [0.25, 0.3) is 5.91 Å². The van der Waals surface area contributed by atoms with Gasteiger partial charge in [0.1, 0.15) is 12.4 Å². The van der Waals surface area contributed by atoms with Gasteiger partial charge in [0.05, 0.1) is 11.0 Å². The first-order valence-electron chi connectivity index (χ1n) is 10.0. The van der Waals surface area contributed by atoms with Crippen LogP contribution in [0.2, 0.25) is 5.02 Å². The van der Waals surface area contributed by atoms with Crippen LogP contribution < -0.4 is 10.1 Å². The van der Waals surface area contributed by atoms with Crippen molar-refractivity contribution in [3.63, 3.8) is 0 Å². The predicted molar refractivity (Wildman–Crippen MR) is 130 cm³/mol. The number of rotatable bonds is 7. The van der Waals surface area contributed by atoms with Crippen molar-refractivity contribution in [1.29, 1.82) is 0 Å². The predicted octanol–water partition coefficient (Wildman–Crippen LogP) is 6.49. The molecule has 0 bridgehead atoms. The number of amides is 1. The lowest BCUT2D eigenvalue weighted by atomic mass is 10.1. The van der Waals surface area contributed by atoms with Crippen LogP contribution in [0.3, 0.4) is 0 Å². The van der Waals surface area contributed by atoms with Crippen LogP contribution in [0.5, 0.6) is 5.75 Å². The van der Waals surface area contributed by atoms with Gasteiger partial charge in [-0.25, -0.2) is 0 Å². The van der Waals surface area contributed by atoms with Crippen molar-refractivity contribution in [1.82, 2.24) is 9.78 Å². The lowest BCUT2D eigenvalue weighted by molar-refractivity contribution is 0.102. The maximum atomic E-state index is 12.8. The summed E-state index contributed by atoms with van der Waals surface area (Å²) in [5.74, 6) is 0.911. The fraction of sp³-hybridized carbons (Fsp3) is 0.120. The molecular weight excluding hydrogens is 490 g/mol. The molecule has 0 spiro atoms. The number of aromatic nitrogens is 2. The Labute approximate surface area is 200 Å². The minimum absolute atomic E-state index is 0.240. The van der Waals surface area contributed by atoms with Gasteiger partial charge in [0.2, 0.25) is 0 Å². The van der Waals surface area contributed by atoms with E-state index < -0.39 is 0 Å². The Morgan fingerprint density at radius 2 is 1.84 bits per heavy atom. The molecule has 7 heteroatoms. The molecule has 0 saturated heterocycles. The molecule has 0 aliphatic rings. The van der Waals surface area contributed by atoms with Crippen molar-refractivity contribution in [2.75, 3.05) is 5.32 Å². The van der Waals surface area contributed by atoms with E-state index in [9.17, 15) is 4.79 Å². The van der Waals surface area contributed by atoms with Gasteiger partial charge in [-0.3, -0.25) is 9.48 Å². The lowest BCUT2D eigenvalue weighted by Crippen LogP contribution is -2.13. The van der Waals surface area contributed by atoms with Crippen molar-refractivity contribution in [2.45, 2.75) is 20.1 Å². The fourth-order valence-electron chi connectivity index (χ4n) is 3.15. The van der Waals surface area contributed by atoms with Crippen LogP contribution in [0, 0.1) is 6.92 Å². The summed E-state index contributed by atoms with van der Waals surface area (Å²) in [7, 11) is 0. The maximum Gasteiger partial charge on any atom is 0.256 e. The zero-order valence-electron chi connectivity index (χ0n) is 17.4. The molecule has 1 N–H and O–H groups in total. The Kier molecular flexibility index (Phi) is 6.93. The maximum absolute atomic E-state index is 12.8. The smallest absolute Gasteiger partial charge is 0.256 e. The summed E-state index contributed by atoms with van der Waals surface area (Å²) < 4.78 is 8.28. The third kappa shape index (κ3) is 5.78. The second-order valence-corrected chi connectivity index (χ2v) is 8.70. The number of hydrogen-bond acceptors (Lipinski definition) is 3. The normalized spacial score (nSPS) is 10.7. The second-order valence-electron chi connectivity index (χ2n) is 7.41. The van der Waals surface area contributed by atoms with Gasteiger partial charge < -0.3 is 10.1 Å². The summed E-state index contributed by atoms with van der Waals surface area (Å²) in [5.41, 5.74) is 3.75. The highest BCUT2D eigenvalue weighted by Gasteiger charge is 2.13.